The maximum atomic E-state index is 12.3. The molecule has 1 aromatic carbocycles. The van der Waals surface area contributed by atoms with Crippen LogP contribution in [0.5, 0.6) is 11.5 Å². The van der Waals surface area contributed by atoms with E-state index in [1.165, 1.54) is 25.6 Å². The number of nitrogen functional groups attached to an aromatic ring is 1. The number of aliphatic hydroxyl groups excluding tert-OH is 1. The Bertz CT molecular complexity index is 1180. The summed E-state index contributed by atoms with van der Waals surface area (Å²) in [4.78, 5) is 32.6. The molecule has 4 rings (SSSR count). The van der Waals surface area contributed by atoms with Crippen molar-refractivity contribution in [3.8, 4) is 11.5 Å². The molecule has 0 saturated heterocycles. The minimum atomic E-state index is -4.36. The molecule has 4 unspecified atom stereocenters. The molecule has 2 aromatic heterocycles. The van der Waals surface area contributed by atoms with Gasteiger partial charge in [-0.1, -0.05) is 0 Å². The van der Waals surface area contributed by atoms with Gasteiger partial charge in [0.1, 0.15) is 11.5 Å². The number of phosphoric ester groups is 1. The van der Waals surface area contributed by atoms with E-state index in [0.717, 1.165) is 0 Å². The molecule has 12 nitrogen and oxygen atoms in total. The number of imidazole rings is 1. The lowest BCUT2D eigenvalue weighted by Gasteiger charge is -2.44. The number of nitrogens with one attached hydrogen (secondary N) is 1. The van der Waals surface area contributed by atoms with Crippen LogP contribution in [-0.2, 0) is 9.09 Å². The number of nitrogens with two attached hydrogens (primary N) is 1. The molecule has 13 heteroatoms. The Morgan fingerprint density at radius 1 is 1.32 bits per heavy atom. The smallest absolute Gasteiger partial charge is 0.497 e. The number of methoxy groups -OCH3 is 1. The van der Waals surface area contributed by atoms with Gasteiger partial charge in [-0.05, 0) is 36.6 Å². The second-order valence-electron chi connectivity index (χ2n) is 7.22. The van der Waals surface area contributed by atoms with Gasteiger partial charge in [0, 0.05) is 18.6 Å². The third-order valence-corrected chi connectivity index (χ3v) is 6.31. The lowest BCUT2D eigenvalue weighted by Crippen LogP contribution is -2.43. The standard InChI is InChI=1S/C18H22N5O7P/c1-28-11-2-4-12(5-3-11)30-31(26,27)29-8-10-6-14(13(10)7-24)23-9-20-15-16(23)21-18(19)22-17(15)25/h2-5,9-10,13-14,24H,6-8H2,1H3,(H,26,27)(H3,19,21,22,25). The summed E-state index contributed by atoms with van der Waals surface area (Å²) >= 11 is 0. The topological polar surface area (TPSA) is 175 Å². The number of nitrogens with zero attached hydrogens (tertiary/aromatic N) is 3. The molecule has 4 atom stereocenters. The predicted octanol–water partition coefficient (Wildman–Crippen LogP) is 1.08. The second kappa shape index (κ2) is 8.31. The van der Waals surface area contributed by atoms with Crippen LogP contribution in [0.1, 0.15) is 12.5 Å². The van der Waals surface area contributed by atoms with Gasteiger partial charge in [-0.25, -0.2) is 9.55 Å². The third kappa shape index (κ3) is 4.28. The van der Waals surface area contributed by atoms with Crippen molar-refractivity contribution in [3.05, 3.63) is 40.9 Å². The van der Waals surface area contributed by atoms with Crippen LogP contribution in [0.25, 0.3) is 11.2 Å². The molecule has 31 heavy (non-hydrogen) atoms. The molecule has 2 heterocycles. The summed E-state index contributed by atoms with van der Waals surface area (Å²) in [7, 11) is -2.85. The average molecular weight is 451 g/mol. The van der Waals surface area contributed by atoms with Crippen LogP contribution < -0.4 is 20.6 Å². The van der Waals surface area contributed by atoms with Gasteiger partial charge in [-0.3, -0.25) is 19.2 Å². The van der Waals surface area contributed by atoms with Gasteiger partial charge in [-0.2, -0.15) is 4.98 Å². The van der Waals surface area contributed by atoms with Crippen molar-refractivity contribution in [1.82, 2.24) is 19.5 Å². The Kier molecular flexibility index (Phi) is 5.71. The van der Waals surface area contributed by atoms with Gasteiger partial charge in [0.2, 0.25) is 5.95 Å². The molecule has 5 N–H and O–H groups in total. The first-order valence-corrected chi connectivity index (χ1v) is 10.9. The summed E-state index contributed by atoms with van der Waals surface area (Å²) < 4.78 is 29.2. The SMILES string of the molecule is COc1ccc(OP(=O)(O)OCC2CC(n3cnc4c(=O)[nH]c(N)nc43)C2CO)cc1. The van der Waals surface area contributed by atoms with Gasteiger partial charge in [0.15, 0.2) is 11.2 Å². The van der Waals surface area contributed by atoms with Crippen molar-refractivity contribution >= 4 is 24.9 Å². The van der Waals surface area contributed by atoms with Crippen molar-refractivity contribution in [2.24, 2.45) is 11.8 Å². The van der Waals surface area contributed by atoms with Crippen molar-refractivity contribution < 1.29 is 28.3 Å². The van der Waals surface area contributed by atoms with Crippen molar-refractivity contribution in [2.45, 2.75) is 12.5 Å². The molecule has 1 aliphatic rings. The fraction of sp³-hybridized carbons (Fsp3) is 0.389. The summed E-state index contributed by atoms with van der Waals surface area (Å²) in [5.41, 5.74) is 5.65. The maximum Gasteiger partial charge on any atom is 0.527 e. The van der Waals surface area contributed by atoms with E-state index in [0.29, 0.717) is 17.8 Å². The number of benzene rings is 1. The molecule has 0 aliphatic heterocycles. The number of H-pyrrole nitrogens is 1. The highest BCUT2D eigenvalue weighted by Crippen LogP contribution is 2.49. The summed E-state index contributed by atoms with van der Waals surface area (Å²) in [6.07, 6.45) is 1.99. The number of aromatic amines is 1. The third-order valence-electron chi connectivity index (χ3n) is 5.39. The number of rotatable bonds is 8. The first-order valence-electron chi connectivity index (χ1n) is 9.45. The quantitative estimate of drug-likeness (QED) is 0.363. The first-order chi connectivity index (χ1) is 14.8. The normalized spacial score (nSPS) is 22.6. The number of fused-ring (bicyclic) bond motifs is 1. The van der Waals surface area contributed by atoms with Crippen LogP contribution in [0.15, 0.2) is 35.4 Å². The van der Waals surface area contributed by atoms with Crippen molar-refractivity contribution in [1.29, 1.82) is 0 Å². The van der Waals surface area contributed by atoms with E-state index in [1.54, 1.807) is 16.7 Å². The molecule has 3 aromatic rings. The molecule has 0 bridgehead atoms. The summed E-state index contributed by atoms with van der Waals surface area (Å²) in [6, 6.07) is 5.96. The van der Waals surface area contributed by atoms with Gasteiger partial charge in [0.05, 0.1) is 20.0 Å². The van der Waals surface area contributed by atoms with E-state index < -0.39 is 13.4 Å². The lowest BCUT2D eigenvalue weighted by molar-refractivity contribution is -0.00487. The van der Waals surface area contributed by atoms with Gasteiger partial charge in [0.25, 0.3) is 5.56 Å². The largest absolute Gasteiger partial charge is 0.527 e. The Morgan fingerprint density at radius 3 is 2.71 bits per heavy atom. The molecule has 0 spiro atoms. The number of aromatic nitrogens is 4. The Labute approximate surface area is 176 Å². The van der Waals surface area contributed by atoms with Crippen LogP contribution >= 0.6 is 7.82 Å². The zero-order chi connectivity index (χ0) is 22.2. The predicted molar refractivity (Wildman–Crippen MR) is 110 cm³/mol. The van der Waals surface area contributed by atoms with Gasteiger partial charge >= 0.3 is 7.82 Å². The number of anilines is 1. The monoisotopic (exact) mass is 451 g/mol. The minimum absolute atomic E-state index is 0.0316. The van der Waals surface area contributed by atoms with Crippen LogP contribution in [0.4, 0.5) is 5.95 Å². The van der Waals surface area contributed by atoms with Crippen LogP contribution in [0.3, 0.4) is 0 Å². The summed E-state index contributed by atoms with van der Waals surface area (Å²) in [5.74, 6) is 0.219. The number of hydrogen-bond acceptors (Lipinski definition) is 9. The number of ether oxygens (including phenoxy) is 1. The minimum Gasteiger partial charge on any atom is -0.497 e. The zero-order valence-corrected chi connectivity index (χ0v) is 17.4. The van der Waals surface area contributed by atoms with E-state index in [1.807, 2.05) is 0 Å². The average Bonchev–Trinajstić information content (AvgIpc) is 3.11. The molecule has 1 fully saturated rings. The number of hydrogen-bond donors (Lipinski definition) is 4. The van der Waals surface area contributed by atoms with E-state index >= 15 is 0 Å². The molecule has 0 amide bonds. The molecule has 0 radical (unpaired) electrons. The number of phosphoric acid groups is 1. The molecule has 1 saturated carbocycles. The van der Waals surface area contributed by atoms with Gasteiger partial charge in [-0.15, -0.1) is 0 Å². The van der Waals surface area contributed by atoms with E-state index in [2.05, 4.69) is 15.0 Å². The fourth-order valence-corrected chi connectivity index (χ4v) is 4.55. The zero-order valence-electron chi connectivity index (χ0n) is 16.5. The highest BCUT2D eigenvalue weighted by Gasteiger charge is 2.44. The summed E-state index contributed by atoms with van der Waals surface area (Å²) in [6.45, 7) is -0.277. The van der Waals surface area contributed by atoms with Crippen molar-refractivity contribution in [3.63, 3.8) is 0 Å². The van der Waals surface area contributed by atoms with E-state index in [4.69, 9.17) is 19.5 Å². The van der Waals surface area contributed by atoms with Gasteiger partial charge < -0.3 is 24.7 Å². The molecule has 1 aliphatic carbocycles. The van der Waals surface area contributed by atoms with Crippen molar-refractivity contribution in [2.75, 3.05) is 26.1 Å². The summed E-state index contributed by atoms with van der Waals surface area (Å²) in [5, 5.41) is 9.84. The maximum absolute atomic E-state index is 12.3. The van der Waals surface area contributed by atoms with E-state index in [9.17, 15) is 19.4 Å². The lowest BCUT2D eigenvalue weighted by atomic mass is 9.70. The Morgan fingerprint density at radius 2 is 2.03 bits per heavy atom. The molecular formula is C18H22N5O7P. The van der Waals surface area contributed by atoms with E-state index in [-0.39, 0.29) is 48.3 Å². The van der Waals surface area contributed by atoms with Crippen LogP contribution in [0.2, 0.25) is 0 Å². The fourth-order valence-electron chi connectivity index (χ4n) is 3.73. The Balaban J connectivity index is 1.41. The number of aliphatic hydroxyl groups is 1. The second-order valence-corrected chi connectivity index (χ2v) is 8.59. The highest BCUT2D eigenvalue weighted by molar-refractivity contribution is 7.47. The molecular weight excluding hydrogens is 429 g/mol. The van der Waals surface area contributed by atoms with Crippen LogP contribution in [0, 0.1) is 11.8 Å². The Hall–Kier alpha value is -2.92. The van der Waals surface area contributed by atoms with Crippen LogP contribution in [-0.4, -0.2) is 49.8 Å². The highest BCUT2D eigenvalue weighted by atomic mass is 31.2. The molecule has 166 valence electrons. The first kappa shape index (κ1) is 21.3.